The van der Waals surface area contributed by atoms with Crippen molar-refractivity contribution < 1.29 is 13.9 Å². The van der Waals surface area contributed by atoms with Gasteiger partial charge >= 0.3 is 0 Å². The normalized spacial score (nSPS) is 18.7. The van der Waals surface area contributed by atoms with E-state index >= 15 is 0 Å². The van der Waals surface area contributed by atoms with Gasteiger partial charge in [-0.05, 0) is 36.6 Å². The molecule has 2 aromatic heterocycles. The highest BCUT2D eigenvalue weighted by Crippen LogP contribution is 2.39. The molecule has 1 aromatic carbocycles. The van der Waals surface area contributed by atoms with Crippen LogP contribution < -0.4 is 5.32 Å². The van der Waals surface area contributed by atoms with Gasteiger partial charge in [-0.1, -0.05) is 11.6 Å². The van der Waals surface area contributed by atoms with Gasteiger partial charge in [0.15, 0.2) is 5.82 Å². The maximum absolute atomic E-state index is 13.4. The smallest absolute Gasteiger partial charge is 0.248 e. The lowest BCUT2D eigenvalue weighted by molar-refractivity contribution is 0.00556. The molecule has 2 heterocycles. The fraction of sp³-hybridized carbons (Fsp3) is 0.316. The number of fused-ring (bicyclic) bond motifs is 1. The van der Waals surface area contributed by atoms with Crippen LogP contribution in [0.25, 0.3) is 22.0 Å². The summed E-state index contributed by atoms with van der Waals surface area (Å²) in [4.78, 5) is 4.14. The van der Waals surface area contributed by atoms with Crippen molar-refractivity contribution in [3.8, 4) is 17.0 Å². The third-order valence-electron chi connectivity index (χ3n) is 4.86. The number of halogens is 3. The number of hydrogen-bond donors (Lipinski definition) is 2. The molecule has 0 unspecified atom stereocenters. The second kappa shape index (κ2) is 6.88. The summed E-state index contributed by atoms with van der Waals surface area (Å²) in [6, 6.07) is 6.56. The van der Waals surface area contributed by atoms with Crippen LogP contribution in [0, 0.1) is 5.92 Å². The molecule has 8 heteroatoms. The lowest BCUT2D eigenvalue weighted by Gasteiger charge is -2.14. The van der Waals surface area contributed by atoms with E-state index in [2.05, 4.69) is 20.5 Å². The summed E-state index contributed by atoms with van der Waals surface area (Å²) in [5.74, 6) is -2.18. The van der Waals surface area contributed by atoms with Gasteiger partial charge in [0.2, 0.25) is 5.92 Å². The molecule has 0 amide bonds. The Morgan fingerprint density at radius 1 is 1.22 bits per heavy atom. The van der Waals surface area contributed by atoms with Crippen LogP contribution in [0.2, 0.25) is 5.02 Å². The minimum atomic E-state index is -2.57. The molecule has 4 rings (SSSR count). The Hall–Kier alpha value is -2.54. The number of phenols is 1. The van der Waals surface area contributed by atoms with Crippen molar-refractivity contribution in [3.63, 3.8) is 0 Å². The Bertz CT molecular complexity index is 999. The van der Waals surface area contributed by atoms with Crippen LogP contribution in [0.5, 0.6) is 5.75 Å². The molecule has 0 saturated heterocycles. The minimum absolute atomic E-state index is 0.00353. The highest BCUT2D eigenvalue weighted by Gasteiger charge is 2.39. The van der Waals surface area contributed by atoms with Crippen molar-refractivity contribution in [2.24, 2.45) is 5.92 Å². The summed E-state index contributed by atoms with van der Waals surface area (Å²) >= 11 is 5.90. The lowest BCUT2D eigenvalue weighted by Crippen LogP contribution is -2.16. The van der Waals surface area contributed by atoms with Gasteiger partial charge < -0.3 is 10.4 Å². The first-order valence-corrected chi connectivity index (χ1v) is 9.02. The number of nitrogens with one attached hydrogen (secondary N) is 1. The van der Waals surface area contributed by atoms with E-state index in [0.717, 1.165) is 5.39 Å². The average molecular weight is 391 g/mol. The van der Waals surface area contributed by atoms with Gasteiger partial charge in [-0.15, -0.1) is 10.2 Å². The van der Waals surface area contributed by atoms with E-state index in [1.807, 2.05) is 0 Å². The molecule has 1 saturated carbocycles. The highest BCUT2D eigenvalue weighted by atomic mass is 35.5. The zero-order valence-electron chi connectivity index (χ0n) is 14.3. The highest BCUT2D eigenvalue weighted by molar-refractivity contribution is 6.30. The molecule has 1 atom stereocenters. The van der Waals surface area contributed by atoms with E-state index < -0.39 is 5.92 Å². The van der Waals surface area contributed by atoms with Crippen LogP contribution in [0.3, 0.4) is 0 Å². The number of nitrogens with zero attached hydrogens (tertiary/aromatic N) is 3. The van der Waals surface area contributed by atoms with Crippen LogP contribution in [-0.2, 0) is 0 Å². The minimum Gasteiger partial charge on any atom is -0.507 e. The quantitative estimate of drug-likeness (QED) is 0.663. The van der Waals surface area contributed by atoms with Gasteiger partial charge in [0.1, 0.15) is 11.4 Å². The molecule has 1 aliphatic carbocycles. The van der Waals surface area contributed by atoms with E-state index in [0.29, 0.717) is 40.4 Å². The van der Waals surface area contributed by atoms with Crippen LogP contribution in [0.15, 0.2) is 36.7 Å². The number of pyridine rings is 1. The fourth-order valence-electron chi connectivity index (χ4n) is 3.49. The van der Waals surface area contributed by atoms with E-state index in [1.165, 1.54) is 6.07 Å². The lowest BCUT2D eigenvalue weighted by atomic mass is 10.0. The number of aromatic nitrogens is 3. The van der Waals surface area contributed by atoms with Gasteiger partial charge in [0, 0.05) is 53.1 Å². The van der Waals surface area contributed by atoms with Crippen LogP contribution >= 0.6 is 11.6 Å². The summed E-state index contributed by atoms with van der Waals surface area (Å²) in [7, 11) is 0. The Labute approximate surface area is 159 Å². The van der Waals surface area contributed by atoms with Gasteiger partial charge in [-0.2, -0.15) is 0 Å². The Morgan fingerprint density at radius 2 is 2.07 bits per heavy atom. The predicted molar refractivity (Wildman–Crippen MR) is 100 cm³/mol. The molecule has 0 radical (unpaired) electrons. The van der Waals surface area contributed by atoms with Crippen molar-refractivity contribution in [3.05, 3.63) is 41.7 Å². The van der Waals surface area contributed by atoms with Gasteiger partial charge in [0.05, 0.1) is 0 Å². The van der Waals surface area contributed by atoms with Crippen molar-refractivity contribution >= 4 is 28.2 Å². The molecular weight excluding hydrogens is 374 g/mol. The molecule has 0 spiro atoms. The number of hydrogen-bond acceptors (Lipinski definition) is 5. The van der Waals surface area contributed by atoms with E-state index in [1.54, 1.807) is 30.6 Å². The van der Waals surface area contributed by atoms with Gasteiger partial charge in [-0.25, -0.2) is 8.78 Å². The van der Waals surface area contributed by atoms with Crippen molar-refractivity contribution in [2.45, 2.75) is 25.2 Å². The fourth-order valence-corrected chi connectivity index (χ4v) is 3.66. The summed E-state index contributed by atoms with van der Waals surface area (Å²) < 4.78 is 26.8. The molecule has 0 bridgehead atoms. The largest absolute Gasteiger partial charge is 0.507 e. The molecular formula is C19H17ClF2N4O. The standard InChI is InChI=1S/C19H17ClF2N4O/c20-12-1-2-14(16(27)7-12)17-13-4-6-23-10-15(13)18(26-25-17)24-9-11-3-5-19(21,22)8-11/h1-2,4,6-7,10-11,27H,3,5,8-9H2,(H,24,26)/t11-/m1/s1. The number of anilines is 1. The second-order valence-electron chi connectivity index (χ2n) is 6.83. The third-order valence-corrected chi connectivity index (χ3v) is 5.10. The Kier molecular flexibility index (Phi) is 4.55. The first-order valence-electron chi connectivity index (χ1n) is 8.64. The molecule has 140 valence electrons. The molecule has 1 aliphatic rings. The average Bonchev–Trinajstić information content (AvgIpc) is 2.99. The molecule has 3 aromatic rings. The maximum Gasteiger partial charge on any atom is 0.248 e. The summed E-state index contributed by atoms with van der Waals surface area (Å²) in [5.41, 5.74) is 1.00. The molecule has 5 nitrogen and oxygen atoms in total. The molecule has 2 N–H and O–H groups in total. The number of benzene rings is 1. The zero-order valence-corrected chi connectivity index (χ0v) is 15.0. The van der Waals surface area contributed by atoms with Gasteiger partial charge in [-0.3, -0.25) is 4.98 Å². The van der Waals surface area contributed by atoms with Gasteiger partial charge in [0.25, 0.3) is 0 Å². The van der Waals surface area contributed by atoms with Crippen molar-refractivity contribution in [1.82, 2.24) is 15.2 Å². The Morgan fingerprint density at radius 3 is 2.81 bits per heavy atom. The predicted octanol–water partition coefficient (Wildman–Crippen LogP) is 4.90. The summed E-state index contributed by atoms with van der Waals surface area (Å²) in [6.07, 6.45) is 3.58. The van der Waals surface area contributed by atoms with Crippen molar-refractivity contribution in [2.75, 3.05) is 11.9 Å². The number of phenolic OH excluding ortho intramolecular Hbond substituents is 1. The Balaban J connectivity index is 1.66. The summed E-state index contributed by atoms with van der Waals surface area (Å²) in [6.45, 7) is 0.403. The van der Waals surface area contributed by atoms with Crippen LogP contribution in [-0.4, -0.2) is 32.8 Å². The van der Waals surface area contributed by atoms with E-state index in [9.17, 15) is 13.9 Å². The SMILES string of the molecule is Oc1cc(Cl)ccc1-c1nnc(NC[C@@H]2CCC(F)(F)C2)c2cnccc12. The monoisotopic (exact) mass is 390 g/mol. The van der Waals surface area contributed by atoms with E-state index in [-0.39, 0.29) is 24.5 Å². The first kappa shape index (κ1) is 17.9. The summed E-state index contributed by atoms with van der Waals surface area (Å²) in [5, 5.41) is 23.7. The topological polar surface area (TPSA) is 70.9 Å². The molecule has 27 heavy (non-hydrogen) atoms. The third kappa shape index (κ3) is 3.64. The van der Waals surface area contributed by atoms with Crippen molar-refractivity contribution in [1.29, 1.82) is 0 Å². The maximum atomic E-state index is 13.4. The number of aromatic hydroxyl groups is 1. The number of alkyl halides is 2. The number of rotatable bonds is 4. The zero-order chi connectivity index (χ0) is 19.0. The van der Waals surface area contributed by atoms with Crippen LogP contribution in [0.4, 0.5) is 14.6 Å². The molecule has 0 aliphatic heterocycles. The molecule has 1 fully saturated rings. The second-order valence-corrected chi connectivity index (χ2v) is 7.26. The van der Waals surface area contributed by atoms with Crippen LogP contribution in [0.1, 0.15) is 19.3 Å². The van der Waals surface area contributed by atoms with E-state index in [4.69, 9.17) is 11.6 Å². The first-order chi connectivity index (χ1) is 12.9.